The number of benzene rings is 2. The van der Waals surface area contributed by atoms with Crippen molar-refractivity contribution in [1.82, 2.24) is 0 Å². The van der Waals surface area contributed by atoms with Crippen molar-refractivity contribution in [2.45, 2.75) is 0 Å². The van der Waals surface area contributed by atoms with E-state index in [2.05, 4.69) is 60.7 Å². The van der Waals surface area contributed by atoms with E-state index in [-0.39, 0.29) is 0 Å². The molecule has 0 unspecified atom stereocenters. The van der Waals surface area contributed by atoms with Crippen LogP contribution >= 0.6 is 0 Å². The second kappa shape index (κ2) is 4.28. The van der Waals surface area contributed by atoms with Crippen LogP contribution in [-0.2, 0) is 0 Å². The van der Waals surface area contributed by atoms with Crippen molar-refractivity contribution in [1.29, 1.82) is 0 Å². The molecule has 0 fully saturated rings. The molecular weight excluding hydrogens is 217 g/mol. The van der Waals surface area contributed by atoms with Crippen molar-refractivity contribution in [3.63, 3.8) is 0 Å². The Kier molecular flexibility index (Phi) is 2.83. The van der Waals surface area contributed by atoms with Crippen LogP contribution in [-0.4, -0.2) is 15.4 Å². The molecule has 0 aliphatic carbocycles. The molecule has 0 nitrogen and oxygen atoms in total. The average molecular weight is 228 g/mol. The Morgan fingerprint density at radius 3 is 1.31 bits per heavy atom. The zero-order valence-electron chi connectivity index (χ0n) is 7.35. The van der Waals surface area contributed by atoms with E-state index in [1.807, 2.05) is 0 Å². The molecule has 0 aromatic heterocycles. The van der Waals surface area contributed by atoms with Crippen molar-refractivity contribution in [2.24, 2.45) is 0 Å². The first kappa shape index (κ1) is 8.58. The van der Waals surface area contributed by atoms with Crippen molar-refractivity contribution in [3.8, 4) is 0 Å². The van der Waals surface area contributed by atoms with Gasteiger partial charge in [0.05, 0.1) is 0 Å². The number of hydrogen-bond donors (Lipinski definition) is 0. The Hall–Kier alpha value is -1.02. The van der Waals surface area contributed by atoms with Crippen LogP contribution in [0.2, 0.25) is 0 Å². The van der Waals surface area contributed by atoms with Crippen LogP contribution in [0.4, 0.5) is 0 Å². The van der Waals surface area contributed by atoms with Gasteiger partial charge in [0, 0.05) is 0 Å². The van der Waals surface area contributed by atoms with Gasteiger partial charge in [-0.2, -0.15) is 0 Å². The summed E-state index contributed by atoms with van der Waals surface area (Å²) in [5.74, 6) is 0. The maximum atomic E-state index is 2.23. The summed E-state index contributed by atoms with van der Waals surface area (Å²) in [6.07, 6.45) is 0. The topological polar surface area (TPSA) is 0 Å². The third-order valence-electron chi connectivity index (χ3n) is 1.93. The van der Waals surface area contributed by atoms with Gasteiger partial charge < -0.3 is 0 Å². The molecule has 0 spiro atoms. The molecule has 63 valence electrons. The van der Waals surface area contributed by atoms with Crippen LogP contribution in [0.15, 0.2) is 60.7 Å². The predicted molar refractivity (Wildman–Crippen MR) is 59.3 cm³/mol. The molecule has 13 heavy (non-hydrogen) atoms. The molecule has 1 heteroatoms. The van der Waals surface area contributed by atoms with Crippen molar-refractivity contribution >= 4 is 24.2 Å². The fourth-order valence-electron chi connectivity index (χ4n) is 1.29. The van der Waals surface area contributed by atoms with Crippen LogP contribution < -0.4 is 8.79 Å². The molecule has 0 N–H and O–H groups in total. The molecular formula is C12H11Ge. The average Bonchev–Trinajstić information content (AvgIpc) is 2.21. The second-order valence-corrected chi connectivity index (χ2v) is 6.37. The standard InChI is InChI=1S/C12H11Ge/c1-3-7-11(8-4-1)13-12-9-5-2-6-10-12/h1-10,13H. The number of hydrogen-bond acceptors (Lipinski definition) is 0. The third kappa shape index (κ3) is 2.46. The molecule has 2 aromatic carbocycles. The van der Waals surface area contributed by atoms with Gasteiger partial charge in [0.15, 0.2) is 0 Å². The molecule has 0 aliphatic heterocycles. The number of rotatable bonds is 2. The van der Waals surface area contributed by atoms with E-state index in [0.29, 0.717) is 0 Å². The molecule has 0 bridgehead atoms. The van der Waals surface area contributed by atoms with Crippen LogP contribution in [0.3, 0.4) is 0 Å². The Bertz CT molecular complexity index is 316. The van der Waals surface area contributed by atoms with E-state index in [4.69, 9.17) is 0 Å². The van der Waals surface area contributed by atoms with Crippen molar-refractivity contribution in [3.05, 3.63) is 60.7 Å². The van der Waals surface area contributed by atoms with Gasteiger partial charge in [-0.25, -0.2) is 0 Å². The van der Waals surface area contributed by atoms with Gasteiger partial charge in [-0.15, -0.1) is 0 Å². The second-order valence-electron chi connectivity index (χ2n) is 2.97. The van der Waals surface area contributed by atoms with E-state index in [1.54, 1.807) is 0 Å². The van der Waals surface area contributed by atoms with Crippen LogP contribution in [0.5, 0.6) is 0 Å². The SMILES string of the molecule is c1cc[c]([GeH][c]2ccccc2)cc1. The predicted octanol–water partition coefficient (Wildman–Crippen LogP) is 1.07. The van der Waals surface area contributed by atoms with Crippen LogP contribution in [0, 0.1) is 0 Å². The van der Waals surface area contributed by atoms with Gasteiger partial charge >= 0.3 is 84.9 Å². The molecule has 0 aliphatic rings. The summed E-state index contributed by atoms with van der Waals surface area (Å²) >= 11 is -0.392. The summed E-state index contributed by atoms with van der Waals surface area (Å²) in [4.78, 5) is 0. The first-order chi connectivity index (χ1) is 6.45. The molecule has 0 saturated carbocycles. The first-order valence-electron chi connectivity index (χ1n) is 4.40. The quantitative estimate of drug-likeness (QED) is 0.674. The Balaban J connectivity index is 2.16. The fraction of sp³-hybridized carbons (Fsp3) is 0. The Morgan fingerprint density at radius 1 is 0.538 bits per heavy atom. The monoisotopic (exact) mass is 229 g/mol. The minimum absolute atomic E-state index is 0.392. The Labute approximate surface area is 85.1 Å². The molecule has 2 rings (SSSR count). The molecule has 0 amide bonds. The van der Waals surface area contributed by atoms with Crippen LogP contribution in [0.1, 0.15) is 0 Å². The van der Waals surface area contributed by atoms with Crippen molar-refractivity contribution in [2.75, 3.05) is 0 Å². The van der Waals surface area contributed by atoms with Gasteiger partial charge in [0.25, 0.3) is 0 Å². The van der Waals surface area contributed by atoms with Gasteiger partial charge in [-0.1, -0.05) is 0 Å². The zero-order valence-corrected chi connectivity index (χ0v) is 9.77. The van der Waals surface area contributed by atoms with E-state index in [9.17, 15) is 0 Å². The zero-order chi connectivity index (χ0) is 8.93. The van der Waals surface area contributed by atoms with Gasteiger partial charge in [-0.05, 0) is 0 Å². The molecule has 0 atom stereocenters. The first-order valence-corrected chi connectivity index (χ1v) is 6.82. The van der Waals surface area contributed by atoms with E-state index in [0.717, 1.165) is 0 Å². The van der Waals surface area contributed by atoms with E-state index >= 15 is 0 Å². The molecule has 0 saturated heterocycles. The summed E-state index contributed by atoms with van der Waals surface area (Å²) in [7, 11) is 0. The van der Waals surface area contributed by atoms with E-state index in [1.165, 1.54) is 8.79 Å². The van der Waals surface area contributed by atoms with Gasteiger partial charge in [0.2, 0.25) is 0 Å². The van der Waals surface area contributed by atoms with E-state index < -0.39 is 15.4 Å². The maximum absolute atomic E-state index is 2.23. The summed E-state index contributed by atoms with van der Waals surface area (Å²) in [5.41, 5.74) is 0. The van der Waals surface area contributed by atoms with Crippen molar-refractivity contribution < 1.29 is 0 Å². The van der Waals surface area contributed by atoms with Gasteiger partial charge in [0.1, 0.15) is 0 Å². The molecule has 0 heterocycles. The molecule has 1 radical (unpaired) electrons. The van der Waals surface area contributed by atoms with Gasteiger partial charge in [-0.3, -0.25) is 0 Å². The summed E-state index contributed by atoms with van der Waals surface area (Å²) in [5, 5.41) is 0. The minimum atomic E-state index is -0.392. The van der Waals surface area contributed by atoms with Crippen LogP contribution in [0.25, 0.3) is 0 Å². The fourth-order valence-corrected chi connectivity index (χ4v) is 3.84. The normalized spacial score (nSPS) is 9.85. The summed E-state index contributed by atoms with van der Waals surface area (Å²) in [6, 6.07) is 21.5. The summed E-state index contributed by atoms with van der Waals surface area (Å²) < 4.78 is 3.05. The summed E-state index contributed by atoms with van der Waals surface area (Å²) in [6.45, 7) is 0. The third-order valence-corrected chi connectivity index (χ3v) is 4.95. The Morgan fingerprint density at radius 2 is 0.923 bits per heavy atom. The molecule has 2 aromatic rings.